The Morgan fingerprint density at radius 3 is 2.39 bits per heavy atom. The molecule has 2 N–H and O–H groups in total. The number of hydrogen-bond acceptors (Lipinski definition) is 5. The molecule has 2 atom stereocenters. The van der Waals surface area contributed by atoms with Gasteiger partial charge in [0.2, 0.25) is 0 Å². The third kappa shape index (κ3) is 3.60. The normalized spacial score (nSPS) is 23.9. The van der Waals surface area contributed by atoms with Gasteiger partial charge in [-0.3, -0.25) is 4.79 Å². The smallest absolute Gasteiger partial charge is 0.410 e. The molecule has 0 aliphatic carbocycles. The monoisotopic (exact) mass is 258 g/mol. The number of carbonyl (C=O) groups excluding carboxylic acids is 2. The lowest BCUT2D eigenvalue weighted by Gasteiger charge is -2.24. The van der Waals surface area contributed by atoms with Crippen LogP contribution in [0.2, 0.25) is 0 Å². The van der Waals surface area contributed by atoms with E-state index in [1.165, 1.54) is 12.0 Å². The first-order valence-electron chi connectivity index (χ1n) is 6.04. The molecular formula is C12H22N2O4. The Morgan fingerprint density at radius 2 is 1.94 bits per heavy atom. The van der Waals surface area contributed by atoms with Crippen molar-refractivity contribution in [2.24, 2.45) is 17.6 Å². The second kappa shape index (κ2) is 5.56. The third-order valence-corrected chi connectivity index (χ3v) is 2.90. The Morgan fingerprint density at radius 1 is 1.33 bits per heavy atom. The maximum Gasteiger partial charge on any atom is 0.410 e. The largest absolute Gasteiger partial charge is 0.469 e. The molecular weight excluding hydrogens is 236 g/mol. The first-order chi connectivity index (χ1) is 8.28. The fourth-order valence-electron chi connectivity index (χ4n) is 2.00. The number of nitrogens with zero attached hydrogens (tertiary/aromatic N) is 1. The Hall–Kier alpha value is -1.30. The maximum atomic E-state index is 11.9. The molecule has 0 aromatic carbocycles. The fourth-order valence-corrected chi connectivity index (χ4v) is 2.00. The molecule has 0 aromatic heterocycles. The zero-order valence-corrected chi connectivity index (χ0v) is 11.4. The van der Waals surface area contributed by atoms with Gasteiger partial charge in [-0.05, 0) is 27.3 Å². The highest BCUT2D eigenvalue weighted by atomic mass is 16.6. The van der Waals surface area contributed by atoms with Crippen molar-refractivity contribution in [2.45, 2.75) is 26.4 Å². The number of esters is 1. The van der Waals surface area contributed by atoms with Crippen LogP contribution in [0.15, 0.2) is 0 Å². The lowest BCUT2D eigenvalue weighted by molar-refractivity contribution is -0.146. The van der Waals surface area contributed by atoms with Crippen molar-refractivity contribution in [1.29, 1.82) is 0 Å². The van der Waals surface area contributed by atoms with Crippen LogP contribution in [0.25, 0.3) is 0 Å². The Balaban J connectivity index is 2.66. The minimum Gasteiger partial charge on any atom is -0.469 e. The standard InChI is InChI=1S/C12H22N2O4/c1-12(2,3)18-11(16)14-6-8(5-13)9(7-14)10(15)17-4/h8-9H,5-7,13H2,1-4H3/t8-,9-/m0/s1. The summed E-state index contributed by atoms with van der Waals surface area (Å²) in [7, 11) is 1.34. The predicted octanol–water partition coefficient (Wildman–Crippen LogP) is 0.601. The van der Waals surface area contributed by atoms with Gasteiger partial charge in [0.05, 0.1) is 13.0 Å². The summed E-state index contributed by atoms with van der Waals surface area (Å²) in [4.78, 5) is 25.0. The Bertz CT molecular complexity index is 325. The van der Waals surface area contributed by atoms with Crippen molar-refractivity contribution in [1.82, 2.24) is 4.90 Å². The van der Waals surface area contributed by atoms with E-state index in [0.29, 0.717) is 19.6 Å². The third-order valence-electron chi connectivity index (χ3n) is 2.90. The van der Waals surface area contributed by atoms with E-state index >= 15 is 0 Å². The molecule has 1 amide bonds. The molecule has 0 unspecified atom stereocenters. The van der Waals surface area contributed by atoms with Gasteiger partial charge in [-0.15, -0.1) is 0 Å². The van der Waals surface area contributed by atoms with Crippen LogP contribution < -0.4 is 5.73 Å². The van der Waals surface area contributed by atoms with Gasteiger partial charge in [-0.1, -0.05) is 0 Å². The molecule has 0 radical (unpaired) electrons. The second-order valence-electron chi connectivity index (χ2n) is 5.51. The van der Waals surface area contributed by atoms with Gasteiger partial charge in [-0.25, -0.2) is 4.79 Å². The second-order valence-corrected chi connectivity index (χ2v) is 5.51. The minimum atomic E-state index is -0.543. The van der Waals surface area contributed by atoms with Crippen molar-refractivity contribution in [3.8, 4) is 0 Å². The van der Waals surface area contributed by atoms with E-state index in [2.05, 4.69) is 0 Å². The zero-order chi connectivity index (χ0) is 13.9. The molecule has 6 nitrogen and oxygen atoms in total. The molecule has 18 heavy (non-hydrogen) atoms. The number of amides is 1. The summed E-state index contributed by atoms with van der Waals surface area (Å²) in [6.45, 7) is 6.51. The van der Waals surface area contributed by atoms with E-state index in [1.54, 1.807) is 20.8 Å². The zero-order valence-electron chi connectivity index (χ0n) is 11.4. The van der Waals surface area contributed by atoms with Crippen LogP contribution in [-0.2, 0) is 14.3 Å². The Kier molecular flexibility index (Phi) is 4.56. The summed E-state index contributed by atoms with van der Waals surface area (Å²) in [5.74, 6) is -0.742. The van der Waals surface area contributed by atoms with Crippen LogP contribution in [0.3, 0.4) is 0 Å². The van der Waals surface area contributed by atoms with E-state index in [4.69, 9.17) is 15.2 Å². The van der Waals surface area contributed by atoms with Crippen molar-refractivity contribution in [3.05, 3.63) is 0 Å². The summed E-state index contributed by atoms with van der Waals surface area (Å²) in [5.41, 5.74) is 5.08. The van der Waals surface area contributed by atoms with Gasteiger partial charge >= 0.3 is 12.1 Å². The number of nitrogens with two attached hydrogens (primary N) is 1. The van der Waals surface area contributed by atoms with Gasteiger partial charge in [0.15, 0.2) is 0 Å². The molecule has 1 aliphatic heterocycles. The number of hydrogen-bond donors (Lipinski definition) is 1. The highest BCUT2D eigenvalue weighted by molar-refractivity contribution is 5.76. The lowest BCUT2D eigenvalue weighted by Crippen LogP contribution is -2.36. The van der Waals surface area contributed by atoms with Crippen molar-refractivity contribution < 1.29 is 19.1 Å². The molecule has 1 rings (SSSR count). The van der Waals surface area contributed by atoms with Gasteiger partial charge in [0, 0.05) is 19.0 Å². The summed E-state index contributed by atoms with van der Waals surface area (Å²) in [6.07, 6.45) is -0.410. The minimum absolute atomic E-state index is 0.0648. The van der Waals surface area contributed by atoms with E-state index in [1.807, 2.05) is 0 Å². The first kappa shape index (κ1) is 14.8. The maximum absolute atomic E-state index is 11.9. The van der Waals surface area contributed by atoms with Gasteiger partial charge < -0.3 is 20.1 Å². The van der Waals surface area contributed by atoms with E-state index in [0.717, 1.165) is 0 Å². The molecule has 0 bridgehead atoms. The van der Waals surface area contributed by atoms with Gasteiger partial charge in [0.25, 0.3) is 0 Å². The molecule has 1 aliphatic rings. The Labute approximate surface area is 107 Å². The number of ether oxygens (including phenoxy) is 2. The number of likely N-dealkylation sites (tertiary alicyclic amines) is 1. The van der Waals surface area contributed by atoms with Gasteiger partial charge in [0.1, 0.15) is 5.60 Å². The van der Waals surface area contributed by atoms with Crippen molar-refractivity contribution >= 4 is 12.1 Å². The SMILES string of the molecule is COC(=O)[C@H]1CN(C(=O)OC(C)(C)C)C[C@@H]1CN. The number of carbonyl (C=O) groups is 2. The fraction of sp³-hybridized carbons (Fsp3) is 0.833. The molecule has 0 aromatic rings. The molecule has 0 saturated carbocycles. The highest BCUT2D eigenvalue weighted by Crippen LogP contribution is 2.25. The average Bonchev–Trinajstić information content (AvgIpc) is 2.69. The molecule has 104 valence electrons. The molecule has 6 heteroatoms. The summed E-state index contributed by atoms with van der Waals surface area (Å²) >= 11 is 0. The van der Waals surface area contributed by atoms with Crippen molar-refractivity contribution in [2.75, 3.05) is 26.7 Å². The molecule has 0 spiro atoms. The van der Waals surface area contributed by atoms with Crippen LogP contribution in [0.4, 0.5) is 4.79 Å². The van der Waals surface area contributed by atoms with Gasteiger partial charge in [-0.2, -0.15) is 0 Å². The summed E-state index contributed by atoms with van der Waals surface area (Å²) < 4.78 is 9.99. The van der Waals surface area contributed by atoms with Crippen LogP contribution in [0, 0.1) is 11.8 Å². The van der Waals surface area contributed by atoms with Crippen LogP contribution >= 0.6 is 0 Å². The molecule has 1 heterocycles. The van der Waals surface area contributed by atoms with E-state index in [-0.39, 0.29) is 17.8 Å². The first-order valence-corrected chi connectivity index (χ1v) is 6.04. The lowest BCUT2D eigenvalue weighted by atomic mass is 9.97. The summed E-state index contributed by atoms with van der Waals surface area (Å²) in [5, 5.41) is 0. The number of methoxy groups -OCH3 is 1. The van der Waals surface area contributed by atoms with Crippen LogP contribution in [-0.4, -0.2) is 49.3 Å². The highest BCUT2D eigenvalue weighted by Gasteiger charge is 2.40. The molecule has 1 fully saturated rings. The van der Waals surface area contributed by atoms with E-state index in [9.17, 15) is 9.59 Å². The predicted molar refractivity (Wildman–Crippen MR) is 65.9 cm³/mol. The van der Waals surface area contributed by atoms with Crippen LogP contribution in [0.5, 0.6) is 0 Å². The van der Waals surface area contributed by atoms with E-state index < -0.39 is 11.7 Å². The number of rotatable bonds is 2. The van der Waals surface area contributed by atoms with Crippen LogP contribution in [0.1, 0.15) is 20.8 Å². The average molecular weight is 258 g/mol. The topological polar surface area (TPSA) is 81.9 Å². The quantitative estimate of drug-likeness (QED) is 0.733. The summed E-state index contributed by atoms with van der Waals surface area (Å²) in [6, 6.07) is 0. The molecule has 1 saturated heterocycles. The van der Waals surface area contributed by atoms with Crippen molar-refractivity contribution in [3.63, 3.8) is 0 Å².